The van der Waals surface area contributed by atoms with E-state index in [1.165, 1.54) is 0 Å². The third-order valence-corrected chi connectivity index (χ3v) is 2.91. The summed E-state index contributed by atoms with van der Waals surface area (Å²) in [5.74, 6) is -0.144. The van der Waals surface area contributed by atoms with Crippen molar-refractivity contribution in [2.24, 2.45) is 11.1 Å². The molecule has 0 aliphatic heterocycles. The molecule has 19 heavy (non-hydrogen) atoms. The molecule has 1 amide bonds. The molecular formula is C15H25N3O. The summed E-state index contributed by atoms with van der Waals surface area (Å²) in [5.41, 5.74) is 7.65. The van der Waals surface area contributed by atoms with Gasteiger partial charge in [0.15, 0.2) is 0 Å². The third-order valence-electron chi connectivity index (χ3n) is 2.91. The van der Waals surface area contributed by atoms with Crippen molar-refractivity contribution < 1.29 is 4.79 Å². The number of carbonyl (C=O) groups excluding carboxylic acids is 1. The minimum absolute atomic E-state index is 0.144. The molecule has 0 aliphatic carbocycles. The van der Waals surface area contributed by atoms with Crippen molar-refractivity contribution in [3.8, 4) is 0 Å². The molecule has 0 heterocycles. The monoisotopic (exact) mass is 263 g/mol. The average Bonchev–Trinajstić information content (AvgIpc) is 2.26. The molecule has 4 nitrogen and oxygen atoms in total. The predicted octanol–water partition coefficient (Wildman–Crippen LogP) is 2.06. The molecule has 0 radical (unpaired) electrons. The summed E-state index contributed by atoms with van der Waals surface area (Å²) in [6.07, 6.45) is 0. The Balaban J connectivity index is 2.75. The molecule has 0 bridgehead atoms. The number of nitrogens with one attached hydrogen (secondary N) is 1. The van der Waals surface area contributed by atoms with Gasteiger partial charge in [0.25, 0.3) is 0 Å². The number of rotatable bonds is 4. The van der Waals surface area contributed by atoms with E-state index in [0.717, 1.165) is 17.8 Å². The van der Waals surface area contributed by atoms with Crippen LogP contribution in [0.1, 0.15) is 26.3 Å². The van der Waals surface area contributed by atoms with E-state index in [2.05, 4.69) is 10.2 Å². The van der Waals surface area contributed by atoms with Crippen molar-refractivity contribution in [2.45, 2.75) is 33.4 Å². The predicted molar refractivity (Wildman–Crippen MR) is 79.9 cm³/mol. The lowest BCUT2D eigenvalue weighted by molar-refractivity contribution is -0.119. The smallest absolute Gasteiger partial charge is 0.241 e. The first kappa shape index (κ1) is 15.7. The quantitative estimate of drug-likeness (QED) is 0.874. The van der Waals surface area contributed by atoms with E-state index < -0.39 is 6.04 Å². The SMILES string of the molecule is CN(C)Cc1cccc(NC(=O)C(N)C(C)(C)C)c1. The molecule has 1 aromatic rings. The van der Waals surface area contributed by atoms with Crippen LogP contribution in [0.4, 0.5) is 5.69 Å². The zero-order valence-electron chi connectivity index (χ0n) is 12.5. The van der Waals surface area contributed by atoms with Crippen LogP contribution in [0.5, 0.6) is 0 Å². The minimum Gasteiger partial charge on any atom is -0.325 e. The second-order valence-electron chi connectivity index (χ2n) is 6.27. The van der Waals surface area contributed by atoms with Gasteiger partial charge in [-0.25, -0.2) is 0 Å². The second kappa shape index (κ2) is 6.17. The van der Waals surface area contributed by atoms with Crippen LogP contribution in [-0.4, -0.2) is 30.9 Å². The van der Waals surface area contributed by atoms with Crippen molar-refractivity contribution in [3.63, 3.8) is 0 Å². The summed E-state index contributed by atoms with van der Waals surface area (Å²) in [6, 6.07) is 7.32. The van der Waals surface area contributed by atoms with Crippen LogP contribution >= 0.6 is 0 Å². The van der Waals surface area contributed by atoms with E-state index in [-0.39, 0.29) is 11.3 Å². The summed E-state index contributed by atoms with van der Waals surface area (Å²) < 4.78 is 0. The minimum atomic E-state index is -0.523. The number of nitrogens with zero attached hydrogens (tertiary/aromatic N) is 1. The Morgan fingerprint density at radius 3 is 2.53 bits per heavy atom. The first-order valence-corrected chi connectivity index (χ1v) is 6.50. The zero-order chi connectivity index (χ0) is 14.6. The maximum Gasteiger partial charge on any atom is 0.241 e. The average molecular weight is 263 g/mol. The van der Waals surface area contributed by atoms with Gasteiger partial charge in [-0.3, -0.25) is 4.79 Å². The number of carbonyl (C=O) groups is 1. The molecule has 0 saturated carbocycles. The van der Waals surface area contributed by atoms with Crippen LogP contribution in [0.15, 0.2) is 24.3 Å². The van der Waals surface area contributed by atoms with Gasteiger partial charge >= 0.3 is 0 Å². The molecule has 0 aliphatic rings. The number of anilines is 1. The number of amides is 1. The van der Waals surface area contributed by atoms with Crippen LogP contribution in [0.25, 0.3) is 0 Å². The molecule has 106 valence electrons. The fourth-order valence-electron chi connectivity index (χ4n) is 1.73. The Labute approximate surface area is 116 Å². The van der Waals surface area contributed by atoms with Gasteiger partial charge < -0.3 is 16.0 Å². The lowest BCUT2D eigenvalue weighted by Gasteiger charge is -2.25. The molecule has 1 aromatic carbocycles. The van der Waals surface area contributed by atoms with Crippen molar-refractivity contribution in [2.75, 3.05) is 19.4 Å². The van der Waals surface area contributed by atoms with Crippen molar-refractivity contribution in [1.82, 2.24) is 4.90 Å². The standard InChI is InChI=1S/C15H25N3O/c1-15(2,3)13(16)14(19)17-12-8-6-7-11(9-12)10-18(4)5/h6-9,13H,10,16H2,1-5H3,(H,17,19). The number of nitrogens with two attached hydrogens (primary N) is 1. The number of hydrogen-bond acceptors (Lipinski definition) is 3. The molecule has 4 heteroatoms. The molecule has 1 rings (SSSR count). The van der Waals surface area contributed by atoms with Crippen LogP contribution < -0.4 is 11.1 Å². The van der Waals surface area contributed by atoms with Crippen molar-refractivity contribution in [1.29, 1.82) is 0 Å². The Hall–Kier alpha value is -1.39. The molecular weight excluding hydrogens is 238 g/mol. The van der Waals surface area contributed by atoms with Gasteiger partial charge in [-0.1, -0.05) is 32.9 Å². The molecule has 0 spiro atoms. The zero-order valence-corrected chi connectivity index (χ0v) is 12.5. The van der Waals surface area contributed by atoms with Crippen molar-refractivity contribution in [3.05, 3.63) is 29.8 Å². The topological polar surface area (TPSA) is 58.4 Å². The van der Waals surface area contributed by atoms with E-state index in [0.29, 0.717) is 0 Å². The molecule has 0 fully saturated rings. The highest BCUT2D eigenvalue weighted by molar-refractivity contribution is 5.95. The lowest BCUT2D eigenvalue weighted by atomic mass is 9.87. The van der Waals surface area contributed by atoms with Gasteiger partial charge in [0.05, 0.1) is 6.04 Å². The highest BCUT2D eigenvalue weighted by Gasteiger charge is 2.27. The summed E-state index contributed by atoms with van der Waals surface area (Å²) in [4.78, 5) is 14.1. The van der Waals surface area contributed by atoms with E-state index in [4.69, 9.17) is 5.73 Å². The highest BCUT2D eigenvalue weighted by atomic mass is 16.2. The maximum absolute atomic E-state index is 12.0. The first-order valence-electron chi connectivity index (χ1n) is 6.50. The molecule has 0 saturated heterocycles. The molecule has 0 aromatic heterocycles. The summed E-state index contributed by atoms with van der Waals surface area (Å²) >= 11 is 0. The van der Waals surface area contributed by atoms with Crippen LogP contribution in [0.3, 0.4) is 0 Å². The highest BCUT2D eigenvalue weighted by Crippen LogP contribution is 2.19. The summed E-state index contributed by atoms with van der Waals surface area (Å²) in [6.45, 7) is 6.72. The summed E-state index contributed by atoms with van der Waals surface area (Å²) in [5, 5.41) is 2.88. The van der Waals surface area contributed by atoms with Crippen molar-refractivity contribution >= 4 is 11.6 Å². The van der Waals surface area contributed by atoms with Gasteiger partial charge in [0.1, 0.15) is 0 Å². The largest absolute Gasteiger partial charge is 0.325 e. The van der Waals surface area contributed by atoms with E-state index >= 15 is 0 Å². The van der Waals surface area contributed by atoms with Gasteiger partial charge in [-0.15, -0.1) is 0 Å². The van der Waals surface area contributed by atoms with E-state index in [1.807, 2.05) is 59.1 Å². The van der Waals surface area contributed by atoms with Gasteiger partial charge in [0.2, 0.25) is 5.91 Å². The molecule has 1 unspecified atom stereocenters. The molecule has 1 atom stereocenters. The Bertz CT molecular complexity index is 435. The van der Waals surface area contributed by atoms with Crippen LogP contribution in [0, 0.1) is 5.41 Å². The lowest BCUT2D eigenvalue weighted by Crippen LogP contribution is -2.45. The number of benzene rings is 1. The Morgan fingerprint density at radius 2 is 2.00 bits per heavy atom. The van der Waals surface area contributed by atoms with Crippen LogP contribution in [0.2, 0.25) is 0 Å². The summed E-state index contributed by atoms with van der Waals surface area (Å²) in [7, 11) is 4.03. The van der Waals surface area contributed by atoms with Gasteiger partial charge in [0, 0.05) is 12.2 Å². The Kier molecular flexibility index (Phi) is 5.09. The van der Waals surface area contributed by atoms with Gasteiger partial charge in [-0.05, 0) is 37.2 Å². The molecule has 3 N–H and O–H groups in total. The third kappa shape index (κ3) is 5.01. The normalized spacial score (nSPS) is 13.4. The number of hydrogen-bond donors (Lipinski definition) is 2. The second-order valence-corrected chi connectivity index (χ2v) is 6.27. The Morgan fingerprint density at radius 1 is 1.37 bits per heavy atom. The van der Waals surface area contributed by atoms with E-state index in [1.54, 1.807) is 0 Å². The van der Waals surface area contributed by atoms with E-state index in [9.17, 15) is 4.79 Å². The fraction of sp³-hybridized carbons (Fsp3) is 0.533. The van der Waals surface area contributed by atoms with Gasteiger partial charge in [-0.2, -0.15) is 0 Å². The van der Waals surface area contributed by atoms with Crippen LogP contribution in [-0.2, 0) is 11.3 Å². The first-order chi connectivity index (χ1) is 8.70. The maximum atomic E-state index is 12.0. The fourth-order valence-corrected chi connectivity index (χ4v) is 1.73.